The van der Waals surface area contributed by atoms with Crippen molar-refractivity contribution in [2.75, 3.05) is 14.1 Å². The van der Waals surface area contributed by atoms with E-state index in [1.54, 1.807) is 38.4 Å². The number of aldehydes is 1. The lowest BCUT2D eigenvalue weighted by Crippen LogP contribution is -2.28. The first-order valence-electron chi connectivity index (χ1n) is 8.51. The number of aromatic nitrogens is 1. The maximum atomic E-state index is 13.4. The van der Waals surface area contributed by atoms with Crippen molar-refractivity contribution in [3.05, 3.63) is 70.3 Å². The summed E-state index contributed by atoms with van der Waals surface area (Å²) in [5.41, 5.74) is 0.982. The van der Waals surface area contributed by atoms with Gasteiger partial charge in [0.2, 0.25) is 5.91 Å². The third-order valence-electron chi connectivity index (χ3n) is 4.50. The quantitative estimate of drug-likeness (QED) is 0.652. The summed E-state index contributed by atoms with van der Waals surface area (Å²) in [5.74, 6) is -0.545. The molecular weight excluding hydrogens is 347 g/mol. The van der Waals surface area contributed by atoms with Gasteiger partial charge in [0, 0.05) is 38.0 Å². The van der Waals surface area contributed by atoms with Gasteiger partial charge in [-0.15, -0.1) is 0 Å². The minimum atomic E-state index is -0.413. The van der Waals surface area contributed by atoms with Crippen molar-refractivity contribution < 1.29 is 14.0 Å². The molecule has 1 heterocycles. The molecule has 1 aromatic heterocycles. The number of benzene rings is 2. The van der Waals surface area contributed by atoms with Crippen LogP contribution < -0.4 is 5.56 Å². The van der Waals surface area contributed by atoms with Crippen LogP contribution in [-0.4, -0.2) is 35.8 Å². The lowest BCUT2D eigenvalue weighted by atomic mass is 9.99. The van der Waals surface area contributed by atoms with E-state index in [1.165, 1.54) is 33.7 Å². The molecule has 27 heavy (non-hydrogen) atoms. The van der Waals surface area contributed by atoms with Gasteiger partial charge in [0.15, 0.2) is 6.29 Å². The van der Waals surface area contributed by atoms with Gasteiger partial charge in [0.25, 0.3) is 5.56 Å². The maximum absolute atomic E-state index is 13.4. The Kier molecular flexibility index (Phi) is 5.16. The van der Waals surface area contributed by atoms with Crippen molar-refractivity contribution in [1.82, 2.24) is 9.47 Å². The third kappa shape index (κ3) is 3.51. The number of pyridine rings is 1. The number of hydrogen-bond acceptors (Lipinski definition) is 3. The summed E-state index contributed by atoms with van der Waals surface area (Å²) in [7, 11) is 3.28. The monoisotopic (exact) mass is 366 g/mol. The zero-order valence-electron chi connectivity index (χ0n) is 15.1. The third-order valence-corrected chi connectivity index (χ3v) is 4.50. The fourth-order valence-corrected chi connectivity index (χ4v) is 3.11. The van der Waals surface area contributed by atoms with Crippen LogP contribution in [0.5, 0.6) is 0 Å². The lowest BCUT2D eigenvalue weighted by Gasteiger charge is -2.18. The standard InChI is InChI=1S/C21H19FN2O3/c1-23(2)19(26)11-12-24-20(14-7-9-15(22)10-8-14)18(13-25)16-5-3-4-6-17(16)21(24)27/h3-10,13H,11-12H2,1-2H3. The smallest absolute Gasteiger partial charge is 0.258 e. The molecule has 0 unspecified atom stereocenters. The molecule has 138 valence electrons. The molecule has 1 amide bonds. The van der Waals surface area contributed by atoms with Gasteiger partial charge >= 0.3 is 0 Å². The van der Waals surface area contributed by atoms with Gasteiger partial charge in [0.1, 0.15) is 5.82 Å². The first kappa shape index (κ1) is 18.5. The number of rotatable bonds is 5. The molecule has 0 spiro atoms. The van der Waals surface area contributed by atoms with Crippen LogP contribution in [0.15, 0.2) is 53.3 Å². The number of carbonyl (C=O) groups excluding carboxylic acids is 2. The molecular formula is C21H19FN2O3. The van der Waals surface area contributed by atoms with Crippen LogP contribution in [0, 0.1) is 5.82 Å². The van der Waals surface area contributed by atoms with Crippen LogP contribution in [0.3, 0.4) is 0 Å². The summed E-state index contributed by atoms with van der Waals surface area (Å²) < 4.78 is 14.8. The molecule has 0 N–H and O–H groups in total. The Bertz CT molecular complexity index is 1070. The maximum Gasteiger partial charge on any atom is 0.258 e. The average Bonchev–Trinajstić information content (AvgIpc) is 2.67. The summed E-state index contributed by atoms with van der Waals surface area (Å²) in [6, 6.07) is 12.4. The van der Waals surface area contributed by atoms with E-state index >= 15 is 0 Å². The Balaban J connectivity index is 2.30. The normalized spacial score (nSPS) is 10.8. The van der Waals surface area contributed by atoms with E-state index < -0.39 is 5.82 Å². The first-order valence-corrected chi connectivity index (χ1v) is 8.51. The van der Waals surface area contributed by atoms with Gasteiger partial charge in [0.05, 0.1) is 5.69 Å². The van der Waals surface area contributed by atoms with E-state index in [9.17, 15) is 18.8 Å². The fraction of sp³-hybridized carbons (Fsp3) is 0.190. The number of fused-ring (bicyclic) bond motifs is 1. The lowest BCUT2D eigenvalue weighted by molar-refractivity contribution is -0.128. The number of amides is 1. The number of halogens is 1. The molecule has 0 radical (unpaired) electrons. The summed E-state index contributed by atoms with van der Waals surface area (Å²) in [5, 5.41) is 0.940. The molecule has 0 aliphatic heterocycles. The highest BCUT2D eigenvalue weighted by Gasteiger charge is 2.18. The molecule has 0 saturated carbocycles. The Hall–Kier alpha value is -3.28. The van der Waals surface area contributed by atoms with E-state index in [0.29, 0.717) is 33.9 Å². The zero-order chi connectivity index (χ0) is 19.6. The van der Waals surface area contributed by atoms with Gasteiger partial charge in [-0.3, -0.25) is 14.4 Å². The van der Waals surface area contributed by atoms with Crippen molar-refractivity contribution in [3.8, 4) is 11.3 Å². The number of nitrogens with zero attached hydrogens (tertiary/aromatic N) is 2. The Labute approximate surface area is 155 Å². The van der Waals surface area contributed by atoms with Gasteiger partial charge in [-0.2, -0.15) is 0 Å². The van der Waals surface area contributed by atoms with Crippen molar-refractivity contribution in [1.29, 1.82) is 0 Å². The largest absolute Gasteiger partial charge is 0.349 e. The van der Waals surface area contributed by atoms with Crippen LogP contribution in [0.4, 0.5) is 4.39 Å². The molecule has 0 fully saturated rings. The van der Waals surface area contributed by atoms with Crippen molar-refractivity contribution >= 4 is 23.0 Å². The SMILES string of the molecule is CN(C)C(=O)CCn1c(-c2ccc(F)cc2)c(C=O)c2ccccc2c1=O. The van der Waals surface area contributed by atoms with E-state index in [2.05, 4.69) is 0 Å². The molecule has 0 atom stereocenters. The fourth-order valence-electron chi connectivity index (χ4n) is 3.11. The summed E-state index contributed by atoms with van der Waals surface area (Å²) in [6.07, 6.45) is 0.808. The molecule has 2 aromatic carbocycles. The van der Waals surface area contributed by atoms with Crippen molar-refractivity contribution in [2.24, 2.45) is 0 Å². The van der Waals surface area contributed by atoms with Crippen LogP contribution in [0.1, 0.15) is 16.8 Å². The van der Waals surface area contributed by atoms with E-state index in [0.717, 1.165) is 0 Å². The average molecular weight is 366 g/mol. The second-order valence-electron chi connectivity index (χ2n) is 6.43. The molecule has 0 bridgehead atoms. The predicted octanol–water partition coefficient (Wildman–Crippen LogP) is 3.10. The number of carbonyl (C=O) groups is 2. The Morgan fingerprint density at radius 1 is 1.07 bits per heavy atom. The second-order valence-corrected chi connectivity index (χ2v) is 6.43. The van der Waals surface area contributed by atoms with E-state index in [1.807, 2.05) is 0 Å². The topological polar surface area (TPSA) is 59.4 Å². The molecule has 0 saturated heterocycles. The van der Waals surface area contributed by atoms with Gasteiger partial charge in [-0.05, 0) is 41.3 Å². The highest BCUT2D eigenvalue weighted by molar-refractivity contribution is 6.03. The van der Waals surface area contributed by atoms with Gasteiger partial charge < -0.3 is 9.47 Å². The molecule has 6 heteroatoms. The van der Waals surface area contributed by atoms with Crippen LogP contribution in [-0.2, 0) is 11.3 Å². The predicted molar refractivity (Wildman–Crippen MR) is 102 cm³/mol. The second kappa shape index (κ2) is 7.53. The van der Waals surface area contributed by atoms with E-state index in [-0.39, 0.29) is 24.4 Å². The van der Waals surface area contributed by atoms with Crippen LogP contribution >= 0.6 is 0 Å². The Morgan fingerprint density at radius 2 is 1.70 bits per heavy atom. The molecule has 0 aliphatic rings. The number of hydrogen-bond donors (Lipinski definition) is 0. The van der Waals surface area contributed by atoms with Crippen LogP contribution in [0.2, 0.25) is 0 Å². The molecule has 3 rings (SSSR count). The highest BCUT2D eigenvalue weighted by Crippen LogP contribution is 2.27. The summed E-state index contributed by atoms with van der Waals surface area (Å²) >= 11 is 0. The van der Waals surface area contributed by atoms with Crippen molar-refractivity contribution in [3.63, 3.8) is 0 Å². The minimum absolute atomic E-state index is 0.109. The summed E-state index contributed by atoms with van der Waals surface area (Å²) in [6.45, 7) is 0.119. The van der Waals surface area contributed by atoms with Gasteiger partial charge in [-0.25, -0.2) is 4.39 Å². The Morgan fingerprint density at radius 3 is 2.30 bits per heavy atom. The summed E-state index contributed by atoms with van der Waals surface area (Å²) in [4.78, 5) is 38.5. The molecule has 3 aromatic rings. The molecule has 0 aliphatic carbocycles. The zero-order valence-corrected chi connectivity index (χ0v) is 15.1. The molecule has 5 nitrogen and oxygen atoms in total. The van der Waals surface area contributed by atoms with Crippen molar-refractivity contribution in [2.45, 2.75) is 13.0 Å². The first-order chi connectivity index (χ1) is 12.9. The highest BCUT2D eigenvalue weighted by atomic mass is 19.1. The van der Waals surface area contributed by atoms with Gasteiger partial charge in [-0.1, -0.05) is 18.2 Å². The minimum Gasteiger partial charge on any atom is -0.349 e. The van der Waals surface area contributed by atoms with E-state index in [4.69, 9.17) is 0 Å². The van der Waals surface area contributed by atoms with Crippen LogP contribution in [0.25, 0.3) is 22.0 Å².